The summed E-state index contributed by atoms with van der Waals surface area (Å²) in [5, 5.41) is 0. The van der Waals surface area contributed by atoms with Gasteiger partial charge in [-0.05, 0) is 93.6 Å². The number of hydrogen-bond donors (Lipinski definition) is 0. The van der Waals surface area contributed by atoms with Gasteiger partial charge in [0.05, 0.1) is 6.10 Å². The predicted octanol–water partition coefficient (Wildman–Crippen LogP) is 4.24. The third-order valence-corrected chi connectivity index (χ3v) is 11.3. The van der Waals surface area contributed by atoms with Gasteiger partial charge in [-0.15, -0.1) is 0 Å². The van der Waals surface area contributed by atoms with Crippen LogP contribution in [0.3, 0.4) is 0 Å². The zero-order valence-electron chi connectivity index (χ0n) is 33.5. The molecule has 0 radical (unpaired) electrons. The first-order chi connectivity index (χ1) is 25.3. The third kappa shape index (κ3) is 8.17. The number of fused-ring (bicyclic) bond motifs is 7. The van der Waals surface area contributed by atoms with Crippen LogP contribution in [0, 0.1) is 22.7 Å². The molecule has 0 amide bonds. The lowest BCUT2D eigenvalue weighted by atomic mass is 9.45. The van der Waals surface area contributed by atoms with E-state index in [9.17, 15) is 28.8 Å². The largest absolute Gasteiger partial charge is 0.458 e. The van der Waals surface area contributed by atoms with Crippen LogP contribution in [0.4, 0.5) is 4.39 Å². The molecule has 5 rings (SSSR count). The van der Waals surface area contributed by atoms with E-state index in [1.165, 1.54) is 12.2 Å². The van der Waals surface area contributed by atoms with Gasteiger partial charge in [0.1, 0.15) is 43.7 Å². The van der Waals surface area contributed by atoms with Gasteiger partial charge >= 0.3 is 23.9 Å². The van der Waals surface area contributed by atoms with Crippen LogP contribution in [0.1, 0.15) is 94.9 Å². The molecule has 0 aromatic heterocycles. The van der Waals surface area contributed by atoms with E-state index in [-0.39, 0.29) is 31.5 Å². The Hall–Kier alpha value is -3.53. The fourth-order valence-corrected chi connectivity index (χ4v) is 9.47. The van der Waals surface area contributed by atoms with Gasteiger partial charge in [-0.3, -0.25) is 9.59 Å². The Morgan fingerprint density at radius 3 is 1.96 bits per heavy atom. The molecule has 0 spiro atoms. The summed E-state index contributed by atoms with van der Waals surface area (Å²) >= 11 is 0. The molecule has 0 N–H and O–H groups in total. The maximum Gasteiger partial charge on any atom is 0.332 e. The lowest BCUT2D eigenvalue weighted by Crippen LogP contribution is -2.70. The average Bonchev–Trinajstić information content (AvgIpc) is 3.44. The van der Waals surface area contributed by atoms with Crippen LogP contribution < -0.4 is 0 Å². The number of rotatable bonds is 12. The van der Waals surface area contributed by atoms with E-state index in [0.29, 0.717) is 5.57 Å². The number of Topliss-reactive ketones (excluding diaryl/α,β-unsaturated/α-hetero) is 1. The number of esters is 4. The third-order valence-electron chi connectivity index (χ3n) is 11.3. The lowest BCUT2D eigenvalue weighted by Gasteiger charge is -2.62. The first-order valence-electron chi connectivity index (χ1n) is 18.7. The molecule has 4 unspecified atom stereocenters. The van der Waals surface area contributed by atoms with Crippen molar-refractivity contribution in [3.8, 4) is 0 Å². The number of alkyl halides is 1. The van der Waals surface area contributed by atoms with E-state index in [1.54, 1.807) is 69.2 Å². The van der Waals surface area contributed by atoms with E-state index < -0.39 is 126 Å². The molecule has 1 aliphatic heterocycles. The van der Waals surface area contributed by atoms with Crippen molar-refractivity contribution in [3.05, 3.63) is 23.8 Å². The Labute approximate surface area is 321 Å². The predicted molar refractivity (Wildman–Crippen MR) is 190 cm³/mol. The SMILES string of the molecule is CC(C)(C)OC(=O)COCC(=O)OCC(=O)[C@@]12OC(C)(C)O[C@@H]1CC1C3CC=C4CC(=O)C=CC4(C)[C@@]3(F)[C@@H](OC(=O)COCC(=O)OC(C)(C)C)CC12C. The molecule has 1 saturated heterocycles. The molecule has 0 aromatic rings. The summed E-state index contributed by atoms with van der Waals surface area (Å²) in [4.78, 5) is 77.4. The van der Waals surface area contributed by atoms with Crippen molar-refractivity contribution in [1.82, 2.24) is 0 Å². The van der Waals surface area contributed by atoms with Crippen LogP contribution in [0.15, 0.2) is 23.8 Å². The highest BCUT2D eigenvalue weighted by molar-refractivity contribution is 5.94. The van der Waals surface area contributed by atoms with Crippen molar-refractivity contribution in [3.63, 3.8) is 0 Å². The maximum atomic E-state index is 18.6. The normalized spacial score (nSPS) is 34.7. The van der Waals surface area contributed by atoms with Gasteiger partial charge in [0.2, 0.25) is 5.78 Å². The number of ether oxygens (including phenoxy) is 8. The smallest absolute Gasteiger partial charge is 0.332 e. The minimum absolute atomic E-state index is 0.00526. The van der Waals surface area contributed by atoms with E-state index in [1.807, 2.05) is 6.08 Å². The summed E-state index contributed by atoms with van der Waals surface area (Å²) in [6.45, 7) is 13.8. The zero-order valence-corrected chi connectivity index (χ0v) is 33.5. The summed E-state index contributed by atoms with van der Waals surface area (Å²) in [5.41, 5.74) is -7.55. The van der Waals surface area contributed by atoms with Crippen LogP contribution >= 0.6 is 0 Å². The lowest BCUT2D eigenvalue weighted by molar-refractivity contribution is -0.249. The molecule has 0 bridgehead atoms. The molecular formula is C40H55FO14. The summed E-state index contributed by atoms with van der Waals surface area (Å²) in [6, 6.07) is 0. The van der Waals surface area contributed by atoms with E-state index in [0.717, 1.165) is 0 Å². The Kier molecular flexibility index (Phi) is 11.4. The van der Waals surface area contributed by atoms with Crippen LogP contribution in [-0.2, 0) is 66.7 Å². The number of carbonyl (C=O) groups is 6. The second-order valence-electron chi connectivity index (χ2n) is 18.0. The first-order valence-corrected chi connectivity index (χ1v) is 18.7. The molecule has 14 nitrogen and oxygen atoms in total. The van der Waals surface area contributed by atoms with Crippen LogP contribution in [-0.4, -0.2) is 109 Å². The highest BCUT2D eigenvalue weighted by Gasteiger charge is 2.80. The van der Waals surface area contributed by atoms with E-state index >= 15 is 4.39 Å². The molecule has 15 heteroatoms. The summed E-state index contributed by atoms with van der Waals surface area (Å²) in [7, 11) is 0. The second kappa shape index (κ2) is 14.8. The van der Waals surface area contributed by atoms with Gasteiger partial charge in [-0.25, -0.2) is 23.6 Å². The number of hydrogen-bond acceptors (Lipinski definition) is 14. The van der Waals surface area contributed by atoms with Gasteiger partial charge in [0.25, 0.3) is 0 Å². The van der Waals surface area contributed by atoms with Gasteiger partial charge in [0.15, 0.2) is 29.4 Å². The summed E-state index contributed by atoms with van der Waals surface area (Å²) in [5.74, 6) is -6.71. The van der Waals surface area contributed by atoms with E-state index in [4.69, 9.17) is 37.9 Å². The van der Waals surface area contributed by atoms with Gasteiger partial charge < -0.3 is 37.9 Å². The molecule has 4 aliphatic carbocycles. The Balaban J connectivity index is 1.42. The van der Waals surface area contributed by atoms with E-state index in [2.05, 4.69) is 0 Å². The minimum atomic E-state index is -2.25. The molecule has 5 aliphatic rings. The van der Waals surface area contributed by atoms with Crippen LogP contribution in [0.5, 0.6) is 0 Å². The van der Waals surface area contributed by atoms with Gasteiger partial charge in [-0.1, -0.05) is 24.6 Å². The Morgan fingerprint density at radius 2 is 1.38 bits per heavy atom. The Bertz CT molecular complexity index is 1650. The van der Waals surface area contributed by atoms with Crippen molar-refractivity contribution in [2.24, 2.45) is 22.7 Å². The fourth-order valence-electron chi connectivity index (χ4n) is 9.47. The van der Waals surface area contributed by atoms with Crippen molar-refractivity contribution in [2.75, 3.05) is 33.0 Å². The molecule has 306 valence electrons. The first kappa shape index (κ1) is 42.6. The average molecular weight is 779 g/mol. The zero-order chi connectivity index (χ0) is 41.0. The maximum absolute atomic E-state index is 18.6. The molecule has 8 atom stereocenters. The number of allylic oxidation sites excluding steroid dienone is 4. The molecule has 1 heterocycles. The molecule has 55 heavy (non-hydrogen) atoms. The van der Waals surface area contributed by atoms with Gasteiger partial charge in [0, 0.05) is 23.2 Å². The number of halogens is 1. The summed E-state index contributed by atoms with van der Waals surface area (Å²) in [6.07, 6.45) is 2.57. The molecular weight excluding hydrogens is 723 g/mol. The Morgan fingerprint density at radius 1 is 0.818 bits per heavy atom. The quantitative estimate of drug-likeness (QED) is 0.156. The highest BCUT2D eigenvalue weighted by Crippen LogP contribution is 2.72. The van der Waals surface area contributed by atoms with Crippen LogP contribution in [0.25, 0.3) is 0 Å². The molecule has 2 saturated carbocycles. The molecule has 0 aromatic carbocycles. The van der Waals surface area contributed by atoms with Crippen LogP contribution in [0.2, 0.25) is 0 Å². The highest BCUT2D eigenvalue weighted by atomic mass is 19.1. The van der Waals surface area contributed by atoms with Crippen molar-refractivity contribution < 1.29 is 71.1 Å². The number of carbonyl (C=O) groups excluding carboxylic acids is 6. The van der Waals surface area contributed by atoms with Gasteiger partial charge in [-0.2, -0.15) is 0 Å². The van der Waals surface area contributed by atoms with Crippen molar-refractivity contribution in [2.45, 2.75) is 135 Å². The topological polar surface area (TPSA) is 176 Å². The molecule has 3 fully saturated rings. The second-order valence-corrected chi connectivity index (χ2v) is 18.0. The summed E-state index contributed by atoms with van der Waals surface area (Å²) < 4.78 is 63.7. The standard InChI is InChI=1S/C40H55FO14/c1-34(2,3)53-32(46)21-48-19-30(44)50-18-27(43)40-28(52-36(7,8)55-40)16-26-25-12-11-23-15-24(42)13-14-37(23,9)39(25,41)29(17-38(26,40)10)51-31(45)20-49-22-33(47)54-35(4,5)6/h11,13-14,25-26,28-29H,12,15-22H2,1-10H3/t25?,26?,28-,29+,37?,38?,39+,40-/m1/s1. The minimum Gasteiger partial charge on any atom is -0.458 e. The monoisotopic (exact) mass is 778 g/mol. The van der Waals surface area contributed by atoms with Crippen molar-refractivity contribution >= 4 is 35.4 Å². The number of ketones is 2. The fraction of sp³-hybridized carbons (Fsp3) is 0.750. The van der Waals surface area contributed by atoms with Crippen molar-refractivity contribution in [1.29, 1.82) is 0 Å².